The molecule has 0 aliphatic carbocycles. The van der Waals surface area contributed by atoms with E-state index in [0.717, 1.165) is 4.31 Å². The first-order valence-electron chi connectivity index (χ1n) is 7.93. The van der Waals surface area contributed by atoms with Gasteiger partial charge in [0.1, 0.15) is 5.65 Å². The summed E-state index contributed by atoms with van der Waals surface area (Å²) in [5.41, 5.74) is 1.62. The van der Waals surface area contributed by atoms with E-state index in [1.165, 1.54) is 32.3 Å². The monoisotopic (exact) mass is 404 g/mol. The first-order chi connectivity index (χ1) is 12.8. The van der Waals surface area contributed by atoms with Gasteiger partial charge < -0.3 is 5.32 Å². The van der Waals surface area contributed by atoms with Crippen molar-refractivity contribution in [3.8, 4) is 0 Å². The van der Waals surface area contributed by atoms with E-state index >= 15 is 0 Å². The van der Waals surface area contributed by atoms with Gasteiger partial charge in [0.25, 0.3) is 0 Å². The zero-order valence-corrected chi connectivity index (χ0v) is 16.2. The molecule has 0 bridgehead atoms. The average molecular weight is 405 g/mol. The van der Waals surface area contributed by atoms with Gasteiger partial charge in [-0.2, -0.15) is 0 Å². The molecule has 1 amide bonds. The van der Waals surface area contributed by atoms with Crippen LogP contribution in [0.15, 0.2) is 59.6 Å². The highest BCUT2D eigenvalue weighted by Crippen LogP contribution is 2.20. The number of hydrogen-bond donors (Lipinski definition) is 1. The van der Waals surface area contributed by atoms with Crippen molar-refractivity contribution in [1.82, 2.24) is 13.7 Å². The number of imidazole rings is 1. The molecular weight excluding hydrogens is 388 g/mol. The minimum atomic E-state index is -3.58. The number of anilines is 1. The van der Waals surface area contributed by atoms with Crippen molar-refractivity contribution in [3.63, 3.8) is 0 Å². The largest absolute Gasteiger partial charge is 0.322 e. The Labute approximate surface area is 161 Å². The van der Waals surface area contributed by atoms with E-state index in [4.69, 9.17) is 11.6 Å². The fraction of sp³-hybridized carbons (Fsp3) is 0.111. The molecule has 0 unspecified atom stereocenters. The van der Waals surface area contributed by atoms with Crippen molar-refractivity contribution in [2.45, 2.75) is 4.90 Å². The van der Waals surface area contributed by atoms with Gasteiger partial charge in [-0.3, -0.25) is 9.20 Å². The van der Waals surface area contributed by atoms with Crippen LogP contribution >= 0.6 is 11.6 Å². The zero-order valence-electron chi connectivity index (χ0n) is 14.6. The predicted molar refractivity (Wildman–Crippen MR) is 105 cm³/mol. The van der Waals surface area contributed by atoms with E-state index in [-0.39, 0.29) is 10.0 Å². The van der Waals surface area contributed by atoms with Gasteiger partial charge in [0.15, 0.2) is 5.15 Å². The zero-order chi connectivity index (χ0) is 19.6. The standard InChI is InChI=1S/C18H17ClN4O3S/c1-22(2)27(25,26)14-7-5-6-13(12-14)20-17(24)10-9-15-18(19)21-16-8-3-4-11-23(15)16/h3-12H,1-2H3,(H,20,24)/b10-9+. The molecule has 0 aliphatic heterocycles. The predicted octanol–water partition coefficient (Wildman–Crippen LogP) is 2.89. The molecule has 27 heavy (non-hydrogen) atoms. The second-order valence-corrected chi connectivity index (χ2v) is 8.36. The van der Waals surface area contributed by atoms with E-state index in [1.807, 2.05) is 12.1 Å². The van der Waals surface area contributed by atoms with Crippen molar-refractivity contribution in [2.75, 3.05) is 19.4 Å². The quantitative estimate of drug-likeness (QED) is 0.663. The highest BCUT2D eigenvalue weighted by Gasteiger charge is 2.17. The number of carbonyl (C=O) groups excluding carboxylic acids is 1. The molecule has 0 spiro atoms. The Morgan fingerprint density at radius 1 is 1.22 bits per heavy atom. The molecule has 2 aromatic heterocycles. The topological polar surface area (TPSA) is 83.8 Å². The van der Waals surface area contributed by atoms with E-state index in [0.29, 0.717) is 17.0 Å². The minimum Gasteiger partial charge on any atom is -0.322 e. The maximum absolute atomic E-state index is 12.2. The minimum absolute atomic E-state index is 0.0964. The Balaban J connectivity index is 1.80. The lowest BCUT2D eigenvalue weighted by atomic mass is 10.3. The number of pyridine rings is 1. The molecule has 2 heterocycles. The Morgan fingerprint density at radius 3 is 2.74 bits per heavy atom. The van der Waals surface area contributed by atoms with E-state index in [1.54, 1.807) is 34.9 Å². The van der Waals surface area contributed by atoms with E-state index in [2.05, 4.69) is 10.3 Å². The van der Waals surface area contributed by atoms with Crippen LogP contribution in [-0.4, -0.2) is 42.1 Å². The highest BCUT2D eigenvalue weighted by molar-refractivity contribution is 7.89. The molecule has 0 radical (unpaired) electrons. The second kappa shape index (κ2) is 7.51. The molecule has 0 saturated carbocycles. The Kier molecular flexibility index (Phi) is 5.31. The summed E-state index contributed by atoms with van der Waals surface area (Å²) in [6, 6.07) is 11.5. The summed E-state index contributed by atoms with van der Waals surface area (Å²) in [4.78, 5) is 16.5. The van der Waals surface area contributed by atoms with Gasteiger partial charge in [-0.1, -0.05) is 23.7 Å². The molecule has 0 aliphatic rings. The number of nitrogens with zero attached hydrogens (tertiary/aromatic N) is 3. The first kappa shape index (κ1) is 19.1. The third-order valence-corrected chi connectivity index (χ3v) is 5.88. The third-order valence-electron chi connectivity index (χ3n) is 3.79. The van der Waals surface area contributed by atoms with E-state index < -0.39 is 15.9 Å². The number of rotatable bonds is 5. The van der Waals surface area contributed by atoms with Gasteiger partial charge in [-0.05, 0) is 36.4 Å². The van der Waals surface area contributed by atoms with Crippen molar-refractivity contribution in [2.24, 2.45) is 0 Å². The summed E-state index contributed by atoms with van der Waals surface area (Å²) in [6.45, 7) is 0. The fourth-order valence-corrected chi connectivity index (χ4v) is 3.61. The van der Waals surface area contributed by atoms with Gasteiger partial charge >= 0.3 is 0 Å². The number of fused-ring (bicyclic) bond motifs is 1. The number of hydrogen-bond acceptors (Lipinski definition) is 4. The van der Waals surface area contributed by atoms with Crippen LogP contribution in [0.4, 0.5) is 5.69 Å². The normalized spacial score (nSPS) is 12.1. The summed E-state index contributed by atoms with van der Waals surface area (Å²) in [5, 5.41) is 2.92. The van der Waals surface area contributed by atoms with Crippen LogP contribution in [0.2, 0.25) is 5.15 Å². The van der Waals surface area contributed by atoms with Gasteiger partial charge in [0, 0.05) is 32.1 Å². The SMILES string of the molecule is CN(C)S(=O)(=O)c1cccc(NC(=O)/C=C/c2c(Cl)nc3ccccn23)c1. The van der Waals surface area contributed by atoms with Crippen LogP contribution in [0, 0.1) is 0 Å². The summed E-state index contributed by atoms with van der Waals surface area (Å²) < 4.78 is 27.2. The number of nitrogens with one attached hydrogen (secondary N) is 1. The molecule has 0 atom stereocenters. The van der Waals surface area contributed by atoms with Crippen molar-refractivity contribution in [1.29, 1.82) is 0 Å². The maximum atomic E-state index is 12.2. The smallest absolute Gasteiger partial charge is 0.248 e. The molecule has 1 aromatic carbocycles. The van der Waals surface area contributed by atoms with Crippen LogP contribution in [0.3, 0.4) is 0 Å². The highest BCUT2D eigenvalue weighted by atomic mass is 35.5. The number of sulfonamides is 1. The molecule has 1 N–H and O–H groups in total. The van der Waals surface area contributed by atoms with Crippen LogP contribution < -0.4 is 5.32 Å². The lowest BCUT2D eigenvalue weighted by Gasteiger charge is -2.12. The molecule has 140 valence electrons. The number of carbonyl (C=O) groups is 1. The van der Waals surface area contributed by atoms with Gasteiger partial charge in [0.2, 0.25) is 15.9 Å². The van der Waals surface area contributed by atoms with Gasteiger partial charge in [-0.15, -0.1) is 0 Å². The molecular formula is C18H17ClN4O3S. The lowest BCUT2D eigenvalue weighted by Crippen LogP contribution is -2.22. The number of halogens is 1. The van der Waals surface area contributed by atoms with Gasteiger partial charge in [-0.25, -0.2) is 17.7 Å². The molecule has 3 rings (SSSR count). The fourth-order valence-electron chi connectivity index (χ4n) is 2.42. The van der Waals surface area contributed by atoms with Crippen LogP contribution in [0.1, 0.15) is 5.69 Å². The second-order valence-electron chi connectivity index (χ2n) is 5.85. The van der Waals surface area contributed by atoms with Gasteiger partial charge in [0.05, 0.1) is 10.6 Å². The first-order valence-corrected chi connectivity index (χ1v) is 9.75. The lowest BCUT2D eigenvalue weighted by molar-refractivity contribution is -0.111. The van der Waals surface area contributed by atoms with Crippen LogP contribution in [0.25, 0.3) is 11.7 Å². The maximum Gasteiger partial charge on any atom is 0.248 e. The number of benzene rings is 1. The molecule has 3 aromatic rings. The summed E-state index contributed by atoms with van der Waals surface area (Å²) in [5.74, 6) is -0.420. The van der Waals surface area contributed by atoms with Crippen molar-refractivity contribution >= 4 is 44.9 Å². The average Bonchev–Trinajstić information content (AvgIpc) is 2.95. The molecule has 7 nitrogen and oxygen atoms in total. The molecule has 0 saturated heterocycles. The van der Waals surface area contributed by atoms with E-state index in [9.17, 15) is 13.2 Å². The Hall–Kier alpha value is -2.68. The Morgan fingerprint density at radius 2 is 2.00 bits per heavy atom. The van der Waals surface area contributed by atoms with Crippen LogP contribution in [0.5, 0.6) is 0 Å². The Bertz CT molecular complexity index is 1140. The van der Waals surface area contributed by atoms with Crippen LogP contribution in [-0.2, 0) is 14.8 Å². The summed E-state index contributed by atoms with van der Waals surface area (Å²) >= 11 is 6.13. The summed E-state index contributed by atoms with van der Waals surface area (Å²) in [7, 11) is -0.683. The molecule has 9 heteroatoms. The molecule has 0 fully saturated rings. The van der Waals surface area contributed by atoms with Crippen molar-refractivity contribution < 1.29 is 13.2 Å². The summed E-state index contributed by atoms with van der Waals surface area (Å²) in [6.07, 6.45) is 4.66. The number of aromatic nitrogens is 2. The third kappa shape index (κ3) is 4.02. The van der Waals surface area contributed by atoms with Crippen molar-refractivity contribution in [3.05, 3.63) is 65.6 Å². The number of amides is 1.